The van der Waals surface area contributed by atoms with Crippen molar-refractivity contribution in [2.75, 3.05) is 36.1 Å². The molecule has 40 heavy (non-hydrogen) atoms. The zero-order valence-electron chi connectivity index (χ0n) is 24.9. The summed E-state index contributed by atoms with van der Waals surface area (Å²) < 4.78 is 14.5. The van der Waals surface area contributed by atoms with Gasteiger partial charge in [-0.15, -0.1) is 6.58 Å². The lowest BCUT2D eigenvalue weighted by Crippen LogP contribution is -2.48. The summed E-state index contributed by atoms with van der Waals surface area (Å²) in [5.74, 6) is 0.531. The number of allylic oxidation sites excluding steroid dienone is 1. The minimum Gasteiger partial charge on any atom is -0.372 e. The van der Waals surface area contributed by atoms with Crippen LogP contribution in [-0.2, 0) is 0 Å². The lowest BCUT2D eigenvalue weighted by molar-refractivity contribution is 0.371. The lowest BCUT2D eigenvalue weighted by Gasteiger charge is -2.34. The number of nitriles is 1. The number of hydrazine groups is 2. The van der Waals surface area contributed by atoms with Gasteiger partial charge in [-0.05, 0) is 81.0 Å². The van der Waals surface area contributed by atoms with Crippen LogP contribution in [0.15, 0.2) is 61.2 Å². The molecule has 2 aromatic rings. The Morgan fingerprint density at radius 1 is 1.23 bits per heavy atom. The zero-order chi connectivity index (χ0) is 29.3. The third kappa shape index (κ3) is 9.48. The van der Waals surface area contributed by atoms with Gasteiger partial charge in [0.1, 0.15) is 11.9 Å². The van der Waals surface area contributed by atoms with E-state index in [1.165, 1.54) is 49.9 Å². The summed E-state index contributed by atoms with van der Waals surface area (Å²) in [6.07, 6.45) is 11.1. The number of halogens is 1. The number of rotatable bonds is 14. The highest BCUT2D eigenvalue weighted by Gasteiger charge is 2.20. The fraction of sp³-hybridized carbons (Fsp3) is 0.485. The predicted molar refractivity (Wildman–Crippen MR) is 168 cm³/mol. The highest BCUT2D eigenvalue weighted by atomic mass is 19.1. The molecule has 1 fully saturated rings. The van der Waals surface area contributed by atoms with Gasteiger partial charge in [0.15, 0.2) is 0 Å². The summed E-state index contributed by atoms with van der Waals surface area (Å²) in [4.78, 5) is 2.47. The first-order chi connectivity index (χ1) is 19.5. The Labute approximate surface area is 241 Å². The number of unbranched alkanes of at least 4 members (excludes halogenated alkanes) is 1. The first-order valence-corrected chi connectivity index (χ1v) is 14.9. The number of hydrogen-bond donors (Lipinski definition) is 3. The molecule has 7 heteroatoms. The first kappa shape index (κ1) is 33.0. The SMILES string of the molecule is C=CC(CCN)CNNN(/C(=C\C)c1ccc(C#N)c(F)c1)c1ccc(N2CCC(CCCC)CC2)cc1.CC. The van der Waals surface area contributed by atoms with Gasteiger partial charge in [0.05, 0.1) is 16.9 Å². The van der Waals surface area contributed by atoms with Crippen LogP contribution in [0.3, 0.4) is 0 Å². The number of anilines is 2. The number of nitrogens with two attached hydrogens (primary N) is 1. The van der Waals surface area contributed by atoms with Crippen LogP contribution >= 0.6 is 0 Å². The van der Waals surface area contributed by atoms with Crippen molar-refractivity contribution in [3.8, 4) is 6.07 Å². The molecular formula is C33H49FN6. The topological polar surface area (TPSA) is 80.3 Å². The Morgan fingerprint density at radius 2 is 1.93 bits per heavy atom. The maximum absolute atomic E-state index is 14.5. The van der Waals surface area contributed by atoms with E-state index in [2.05, 4.69) is 53.6 Å². The molecule has 0 aliphatic carbocycles. The molecule has 1 aliphatic heterocycles. The molecule has 0 amide bonds. The molecule has 0 radical (unpaired) electrons. The summed E-state index contributed by atoms with van der Waals surface area (Å²) in [5, 5.41) is 11.1. The standard InChI is InChI=1S/C31H43FN6.C2H6/c1-4-7-8-25-16-19-37(20-17-25)28-11-13-29(14-12-28)38(36-35-23-24(5-2)15-18-33)31(6-3)26-9-10-27(22-34)30(32)21-26;1-2/h5-6,9-14,21,24-25,35-36H,2,4,7-8,15-20,23,33H2,1,3H3;1-2H3/b31-6-;. The zero-order valence-corrected chi connectivity index (χ0v) is 24.9. The molecule has 1 heterocycles. The van der Waals surface area contributed by atoms with Gasteiger partial charge >= 0.3 is 0 Å². The normalized spacial score (nSPS) is 14.6. The van der Waals surface area contributed by atoms with Gasteiger partial charge in [-0.1, -0.05) is 58.3 Å². The minimum atomic E-state index is -0.537. The summed E-state index contributed by atoms with van der Waals surface area (Å²) in [5.41, 5.74) is 15.9. The summed E-state index contributed by atoms with van der Waals surface area (Å²) in [6, 6.07) is 15.1. The monoisotopic (exact) mass is 548 g/mol. The molecule has 1 aliphatic rings. The maximum Gasteiger partial charge on any atom is 0.141 e. The van der Waals surface area contributed by atoms with E-state index in [4.69, 9.17) is 11.0 Å². The van der Waals surface area contributed by atoms with Crippen LogP contribution in [0.25, 0.3) is 5.70 Å². The number of benzene rings is 2. The molecule has 1 saturated heterocycles. The molecule has 2 aromatic carbocycles. The van der Waals surface area contributed by atoms with E-state index in [9.17, 15) is 4.39 Å². The van der Waals surface area contributed by atoms with Gasteiger partial charge in [-0.25, -0.2) is 9.82 Å². The molecule has 0 saturated carbocycles. The van der Waals surface area contributed by atoms with Crippen LogP contribution in [0.1, 0.15) is 77.3 Å². The van der Waals surface area contributed by atoms with Crippen molar-refractivity contribution in [3.63, 3.8) is 0 Å². The second kappa shape index (κ2) is 18.2. The van der Waals surface area contributed by atoms with Crippen molar-refractivity contribution < 1.29 is 4.39 Å². The summed E-state index contributed by atoms with van der Waals surface area (Å²) >= 11 is 0. The van der Waals surface area contributed by atoms with Gasteiger partial charge in [-0.2, -0.15) is 10.8 Å². The molecule has 0 aromatic heterocycles. The number of nitrogens with one attached hydrogen (secondary N) is 2. The fourth-order valence-corrected chi connectivity index (χ4v) is 5.01. The molecule has 4 N–H and O–H groups in total. The van der Waals surface area contributed by atoms with E-state index in [0.29, 0.717) is 18.7 Å². The molecule has 218 valence electrons. The first-order valence-electron chi connectivity index (χ1n) is 14.9. The van der Waals surface area contributed by atoms with Crippen molar-refractivity contribution in [3.05, 3.63) is 78.1 Å². The van der Waals surface area contributed by atoms with Crippen LogP contribution in [-0.4, -0.2) is 26.2 Å². The molecule has 1 atom stereocenters. The van der Waals surface area contributed by atoms with Gasteiger partial charge in [-0.3, -0.25) is 5.01 Å². The molecule has 0 spiro atoms. The molecule has 6 nitrogen and oxygen atoms in total. The van der Waals surface area contributed by atoms with Gasteiger partial charge < -0.3 is 10.6 Å². The molecule has 3 rings (SSSR count). The van der Waals surface area contributed by atoms with E-state index >= 15 is 0 Å². The van der Waals surface area contributed by atoms with Crippen LogP contribution in [0.5, 0.6) is 0 Å². The van der Waals surface area contributed by atoms with Crippen molar-refractivity contribution >= 4 is 17.1 Å². The number of nitrogens with zero attached hydrogens (tertiary/aromatic N) is 3. The van der Waals surface area contributed by atoms with Gasteiger partial charge in [0, 0.05) is 30.9 Å². The van der Waals surface area contributed by atoms with Gasteiger partial charge in [0.2, 0.25) is 0 Å². The van der Waals surface area contributed by atoms with Crippen molar-refractivity contribution in [1.29, 1.82) is 5.26 Å². The van der Waals surface area contributed by atoms with Crippen LogP contribution < -0.4 is 26.6 Å². The highest BCUT2D eigenvalue weighted by Crippen LogP contribution is 2.30. The number of hydrogen-bond acceptors (Lipinski definition) is 6. The fourth-order valence-electron chi connectivity index (χ4n) is 5.01. The summed E-state index contributed by atoms with van der Waals surface area (Å²) in [7, 11) is 0. The lowest BCUT2D eigenvalue weighted by atomic mass is 9.91. The van der Waals surface area contributed by atoms with Crippen LogP contribution in [0, 0.1) is 29.0 Å². The maximum atomic E-state index is 14.5. The van der Waals surface area contributed by atoms with E-state index in [1.807, 2.05) is 44.0 Å². The Kier molecular flexibility index (Phi) is 15.0. The van der Waals surface area contributed by atoms with E-state index in [0.717, 1.165) is 36.8 Å². The average Bonchev–Trinajstić information content (AvgIpc) is 3.00. The molecular weight excluding hydrogens is 499 g/mol. The number of piperidine rings is 1. The van der Waals surface area contributed by atoms with Gasteiger partial charge in [0.25, 0.3) is 0 Å². The highest BCUT2D eigenvalue weighted by molar-refractivity contribution is 5.79. The quantitative estimate of drug-likeness (QED) is 0.172. The van der Waals surface area contributed by atoms with Crippen molar-refractivity contribution in [1.82, 2.24) is 11.0 Å². The smallest absolute Gasteiger partial charge is 0.141 e. The van der Waals surface area contributed by atoms with E-state index in [-0.39, 0.29) is 11.5 Å². The summed E-state index contributed by atoms with van der Waals surface area (Å²) in [6.45, 7) is 15.5. The Hall–Kier alpha value is -3.18. The second-order valence-corrected chi connectivity index (χ2v) is 9.97. The minimum absolute atomic E-state index is 0.0280. The average molecular weight is 549 g/mol. The Balaban J connectivity index is 0.00000274. The predicted octanol–water partition coefficient (Wildman–Crippen LogP) is 7.16. The van der Waals surface area contributed by atoms with E-state index in [1.54, 1.807) is 6.07 Å². The largest absolute Gasteiger partial charge is 0.372 e. The van der Waals surface area contributed by atoms with E-state index < -0.39 is 5.82 Å². The third-order valence-electron chi connectivity index (χ3n) is 7.38. The Morgan fingerprint density at radius 3 is 2.48 bits per heavy atom. The molecule has 1 unspecified atom stereocenters. The Bertz CT molecular complexity index is 1080. The second-order valence-electron chi connectivity index (χ2n) is 9.97. The van der Waals surface area contributed by atoms with Crippen molar-refractivity contribution in [2.24, 2.45) is 17.6 Å². The third-order valence-corrected chi connectivity index (χ3v) is 7.38. The van der Waals surface area contributed by atoms with Crippen LogP contribution in [0.4, 0.5) is 15.8 Å². The van der Waals surface area contributed by atoms with Crippen molar-refractivity contribution in [2.45, 2.75) is 66.2 Å². The van der Waals surface area contributed by atoms with Crippen LogP contribution in [0.2, 0.25) is 0 Å². The molecule has 0 bridgehead atoms.